The van der Waals surface area contributed by atoms with E-state index in [4.69, 9.17) is 4.74 Å². The number of amides is 1. The van der Waals surface area contributed by atoms with Gasteiger partial charge in [-0.3, -0.25) is 14.3 Å². The number of hydrogen-bond acceptors (Lipinski definition) is 5. The van der Waals surface area contributed by atoms with Crippen molar-refractivity contribution in [2.24, 2.45) is 0 Å². The first-order valence-corrected chi connectivity index (χ1v) is 12.8. The topological polar surface area (TPSA) is 97.7 Å². The Balaban J connectivity index is 1.21. The van der Waals surface area contributed by atoms with Crippen molar-refractivity contribution in [1.29, 1.82) is 0 Å². The summed E-state index contributed by atoms with van der Waals surface area (Å²) in [6, 6.07) is 14.4. The molecule has 1 aliphatic carbocycles. The minimum absolute atomic E-state index is 0.0766. The molecule has 0 radical (unpaired) electrons. The Morgan fingerprint density at radius 2 is 1.80 bits per heavy atom. The number of carbonyl (C=O) groups excluding carboxylic acids is 1. The number of halogens is 1. The maximum Gasteiger partial charge on any atom is 0.261 e. The van der Waals surface area contributed by atoms with Crippen LogP contribution in [0.4, 0.5) is 10.1 Å². The number of carbonyl (C=O) groups is 1. The summed E-state index contributed by atoms with van der Waals surface area (Å²) in [6.07, 6.45) is 1.81. The van der Waals surface area contributed by atoms with Crippen molar-refractivity contribution in [3.05, 3.63) is 88.1 Å². The third kappa shape index (κ3) is 4.93. The molecule has 2 fully saturated rings. The van der Waals surface area contributed by atoms with E-state index in [1.165, 1.54) is 30.3 Å². The fourth-order valence-corrected chi connectivity index (χ4v) is 5.25. The lowest BCUT2D eigenvalue weighted by Gasteiger charge is -2.39. The largest absolute Gasteiger partial charge is 0.486 e. The average molecular weight is 498 g/mol. The van der Waals surface area contributed by atoms with Gasteiger partial charge in [-0.2, -0.15) is 0 Å². The van der Waals surface area contributed by atoms with Gasteiger partial charge in [-0.25, -0.2) is 12.8 Å². The second-order valence-electron chi connectivity index (χ2n) is 8.87. The fourth-order valence-electron chi connectivity index (χ4n) is 4.17. The van der Waals surface area contributed by atoms with E-state index < -0.39 is 15.8 Å². The molecule has 0 spiro atoms. The van der Waals surface area contributed by atoms with E-state index in [1.807, 2.05) is 13.0 Å². The zero-order chi connectivity index (χ0) is 24.7. The average Bonchev–Trinajstić information content (AvgIpc) is 3.60. The number of hydrogen-bond donors (Lipinski definition) is 1. The number of likely N-dealkylation sites (tertiary alicyclic amines) is 1. The zero-order valence-electron chi connectivity index (χ0n) is 19.0. The molecule has 5 rings (SSSR count). The molecule has 2 heterocycles. The maximum absolute atomic E-state index is 13.4. The van der Waals surface area contributed by atoms with Gasteiger partial charge in [-0.15, -0.1) is 0 Å². The molecule has 2 aromatic carbocycles. The molecule has 1 amide bonds. The van der Waals surface area contributed by atoms with E-state index in [0.29, 0.717) is 30.4 Å². The molecule has 1 saturated heterocycles. The fraction of sp³-hybridized carbons (Fsp3) is 0.280. The van der Waals surface area contributed by atoms with Gasteiger partial charge in [-0.05, 0) is 62.2 Å². The number of rotatable bonds is 7. The standard InChI is InChI=1S/C25H24FN3O5S/c1-16-10-21(13-24(30)29(16)20-8-9-20)34-22-14-28(15-22)25(31)17-4-2-6-19(11-17)27-35(32,33)23-7-3-5-18(26)12-23/h2-7,10-13,20,22,27H,8-9,14-15H2,1H3. The van der Waals surface area contributed by atoms with Crippen LogP contribution < -0.4 is 15.0 Å². The minimum Gasteiger partial charge on any atom is -0.486 e. The summed E-state index contributed by atoms with van der Waals surface area (Å²) >= 11 is 0. The summed E-state index contributed by atoms with van der Waals surface area (Å²) < 4.78 is 48.6. The predicted octanol–water partition coefficient (Wildman–Crippen LogP) is 3.33. The van der Waals surface area contributed by atoms with Crippen molar-refractivity contribution in [1.82, 2.24) is 9.47 Å². The van der Waals surface area contributed by atoms with Crippen LogP contribution in [0.5, 0.6) is 5.75 Å². The summed E-state index contributed by atoms with van der Waals surface area (Å²) in [7, 11) is -4.01. The van der Waals surface area contributed by atoms with Crippen LogP contribution in [0.25, 0.3) is 0 Å². The summed E-state index contributed by atoms with van der Waals surface area (Å²) in [5, 5.41) is 0. The van der Waals surface area contributed by atoms with E-state index in [-0.39, 0.29) is 28.2 Å². The van der Waals surface area contributed by atoms with E-state index in [0.717, 1.165) is 30.7 Å². The van der Waals surface area contributed by atoms with Crippen LogP contribution in [0.2, 0.25) is 0 Å². The Labute approximate surface area is 202 Å². The Hall–Kier alpha value is -3.66. The summed E-state index contributed by atoms with van der Waals surface area (Å²) in [6.45, 7) is 2.59. The van der Waals surface area contributed by atoms with Gasteiger partial charge in [-0.1, -0.05) is 12.1 Å². The van der Waals surface area contributed by atoms with Crippen LogP contribution in [0, 0.1) is 12.7 Å². The normalized spacial score (nSPS) is 16.0. The van der Waals surface area contributed by atoms with Crippen molar-refractivity contribution in [2.45, 2.75) is 36.8 Å². The number of benzene rings is 2. The SMILES string of the molecule is Cc1cc(OC2CN(C(=O)c3cccc(NS(=O)(=O)c4cccc(F)c4)c3)C2)cc(=O)n1C1CC1. The van der Waals surface area contributed by atoms with Crippen molar-refractivity contribution < 1.29 is 22.3 Å². The van der Waals surface area contributed by atoms with Crippen molar-refractivity contribution >= 4 is 21.6 Å². The highest BCUT2D eigenvalue weighted by Crippen LogP contribution is 2.35. The van der Waals surface area contributed by atoms with Gasteiger partial charge in [0.1, 0.15) is 17.7 Å². The lowest BCUT2D eigenvalue weighted by molar-refractivity contribution is 0.0176. The number of pyridine rings is 1. The van der Waals surface area contributed by atoms with Gasteiger partial charge in [0.15, 0.2) is 0 Å². The first kappa shape index (κ1) is 23.1. The molecule has 0 unspecified atom stereocenters. The number of aryl methyl sites for hydroxylation is 1. The van der Waals surface area contributed by atoms with Gasteiger partial charge in [0.05, 0.1) is 18.0 Å². The Morgan fingerprint density at radius 3 is 2.49 bits per heavy atom. The summed E-state index contributed by atoms with van der Waals surface area (Å²) in [5.41, 5.74) is 1.29. The molecule has 35 heavy (non-hydrogen) atoms. The van der Waals surface area contributed by atoms with Gasteiger partial charge in [0, 0.05) is 29.1 Å². The van der Waals surface area contributed by atoms with Gasteiger partial charge in [0.2, 0.25) is 0 Å². The molecular weight excluding hydrogens is 473 g/mol. The third-order valence-electron chi connectivity index (χ3n) is 6.05. The first-order chi connectivity index (χ1) is 16.7. The molecule has 10 heteroatoms. The summed E-state index contributed by atoms with van der Waals surface area (Å²) in [4.78, 5) is 26.6. The lowest BCUT2D eigenvalue weighted by Crippen LogP contribution is -2.56. The molecule has 0 bridgehead atoms. The molecule has 1 N–H and O–H groups in total. The number of anilines is 1. The monoisotopic (exact) mass is 497 g/mol. The maximum atomic E-state index is 13.4. The molecule has 1 aromatic heterocycles. The van der Waals surface area contributed by atoms with Crippen molar-refractivity contribution in [3.8, 4) is 5.75 Å². The molecule has 1 saturated carbocycles. The molecular formula is C25H24FN3O5S. The number of nitrogens with one attached hydrogen (secondary N) is 1. The Morgan fingerprint density at radius 1 is 1.06 bits per heavy atom. The number of aromatic nitrogens is 1. The van der Waals surface area contributed by atoms with E-state index in [9.17, 15) is 22.4 Å². The molecule has 3 aromatic rings. The molecule has 8 nitrogen and oxygen atoms in total. The molecule has 182 valence electrons. The lowest BCUT2D eigenvalue weighted by atomic mass is 10.1. The number of nitrogens with zero attached hydrogens (tertiary/aromatic N) is 2. The summed E-state index contributed by atoms with van der Waals surface area (Å²) in [5.74, 6) is -0.433. The van der Waals surface area contributed by atoms with Gasteiger partial charge in [0.25, 0.3) is 21.5 Å². The van der Waals surface area contributed by atoms with Crippen LogP contribution in [0.3, 0.4) is 0 Å². The molecule has 2 aliphatic rings. The first-order valence-electron chi connectivity index (χ1n) is 11.3. The molecule has 1 aliphatic heterocycles. The quantitative estimate of drug-likeness (QED) is 0.540. The predicted molar refractivity (Wildman–Crippen MR) is 128 cm³/mol. The van der Waals surface area contributed by atoms with Crippen LogP contribution >= 0.6 is 0 Å². The van der Waals surface area contributed by atoms with Crippen LogP contribution in [-0.4, -0.2) is 43.0 Å². The highest BCUT2D eigenvalue weighted by Gasteiger charge is 2.33. The Kier molecular flexibility index (Phi) is 5.84. The molecule has 0 atom stereocenters. The van der Waals surface area contributed by atoms with Crippen molar-refractivity contribution in [3.63, 3.8) is 0 Å². The second kappa shape index (κ2) is 8.84. The van der Waals surface area contributed by atoms with Crippen molar-refractivity contribution in [2.75, 3.05) is 17.8 Å². The third-order valence-corrected chi connectivity index (χ3v) is 7.43. The number of sulfonamides is 1. The highest BCUT2D eigenvalue weighted by atomic mass is 32.2. The Bertz CT molecular complexity index is 1460. The van der Waals surface area contributed by atoms with Crippen LogP contribution in [0.1, 0.15) is 34.9 Å². The zero-order valence-corrected chi connectivity index (χ0v) is 19.8. The minimum atomic E-state index is -4.01. The highest BCUT2D eigenvalue weighted by molar-refractivity contribution is 7.92. The van der Waals surface area contributed by atoms with E-state index in [1.54, 1.807) is 21.6 Å². The van der Waals surface area contributed by atoms with E-state index in [2.05, 4.69) is 4.72 Å². The second-order valence-corrected chi connectivity index (χ2v) is 10.5. The number of ether oxygens (including phenoxy) is 1. The van der Waals surface area contributed by atoms with E-state index >= 15 is 0 Å². The van der Waals surface area contributed by atoms with Crippen LogP contribution in [0.15, 0.2) is 70.4 Å². The van der Waals surface area contributed by atoms with Gasteiger partial charge >= 0.3 is 0 Å². The smallest absolute Gasteiger partial charge is 0.261 e. The van der Waals surface area contributed by atoms with Crippen LogP contribution in [-0.2, 0) is 10.0 Å². The van der Waals surface area contributed by atoms with Gasteiger partial charge < -0.3 is 14.2 Å².